The van der Waals surface area contributed by atoms with E-state index in [9.17, 15) is 0 Å². The number of aromatic nitrogens is 4. The molecule has 0 radical (unpaired) electrons. The lowest BCUT2D eigenvalue weighted by Crippen LogP contribution is -2.04. The van der Waals surface area contributed by atoms with Gasteiger partial charge in [-0.05, 0) is 85.6 Å². The van der Waals surface area contributed by atoms with Gasteiger partial charge >= 0.3 is 0 Å². The van der Waals surface area contributed by atoms with Crippen molar-refractivity contribution in [1.82, 2.24) is 19.5 Å². The second-order valence-corrected chi connectivity index (χ2v) is 17.6. The smallest absolute Gasteiger partial charge is 0.166 e. The molecule has 0 saturated carbocycles. The molecular weight excluding hydrogens is 829 g/mol. The van der Waals surface area contributed by atoms with Gasteiger partial charge < -0.3 is 8.98 Å². The molecule has 0 aliphatic rings. The number of furan rings is 1. The number of fused-ring (bicyclic) bond motifs is 11. The Hall–Kier alpha value is -9.19. The van der Waals surface area contributed by atoms with Crippen LogP contribution in [0.5, 0.6) is 0 Å². The molecule has 0 amide bonds. The van der Waals surface area contributed by atoms with Gasteiger partial charge in [-0.2, -0.15) is 0 Å². The van der Waals surface area contributed by atoms with Gasteiger partial charge in [0.1, 0.15) is 11.2 Å². The SMILES string of the molecule is c1ccc(-c2ccc(-c3nc(-c4cccc(-c5ccccc5)c4)nc(-c4cc5c(cc4-n4c6cc7ccccc7cc6c6c7ccccc7ccc64)oc4c6ccccc6ccc54)n3)cc2)cc1. The Balaban J connectivity index is 1.09. The number of nitrogens with zero attached hydrogens (tertiary/aromatic N) is 4. The first-order valence-electron chi connectivity index (χ1n) is 23.0. The molecule has 0 N–H and O–H groups in total. The van der Waals surface area contributed by atoms with E-state index in [1.165, 1.54) is 26.9 Å². The van der Waals surface area contributed by atoms with Crippen LogP contribution in [0.1, 0.15) is 0 Å². The van der Waals surface area contributed by atoms with E-state index < -0.39 is 0 Å². The first-order chi connectivity index (χ1) is 33.7. The Morgan fingerprint density at radius 2 is 0.868 bits per heavy atom. The summed E-state index contributed by atoms with van der Waals surface area (Å²) >= 11 is 0. The molecule has 0 bridgehead atoms. The van der Waals surface area contributed by atoms with E-state index in [1.54, 1.807) is 0 Å². The van der Waals surface area contributed by atoms with Crippen LogP contribution in [0.15, 0.2) is 235 Å². The van der Waals surface area contributed by atoms with E-state index in [-0.39, 0.29) is 0 Å². The number of hydrogen-bond donors (Lipinski definition) is 0. The van der Waals surface area contributed by atoms with Crippen molar-refractivity contribution in [1.29, 1.82) is 0 Å². The van der Waals surface area contributed by atoms with Gasteiger partial charge in [0.2, 0.25) is 0 Å². The van der Waals surface area contributed by atoms with Gasteiger partial charge in [-0.25, -0.2) is 15.0 Å². The quantitative estimate of drug-likeness (QED) is 0.167. The minimum atomic E-state index is 0.561. The topological polar surface area (TPSA) is 56.7 Å². The van der Waals surface area contributed by atoms with Gasteiger partial charge in [-0.1, -0.05) is 188 Å². The highest BCUT2D eigenvalue weighted by Gasteiger charge is 2.24. The summed E-state index contributed by atoms with van der Waals surface area (Å²) in [6.07, 6.45) is 0. The highest BCUT2D eigenvalue weighted by Crippen LogP contribution is 2.44. The average Bonchev–Trinajstić information content (AvgIpc) is 3.95. The van der Waals surface area contributed by atoms with Gasteiger partial charge in [0.15, 0.2) is 17.5 Å². The van der Waals surface area contributed by atoms with Crippen molar-refractivity contribution >= 4 is 76.1 Å². The van der Waals surface area contributed by atoms with E-state index in [1.807, 2.05) is 12.1 Å². The van der Waals surface area contributed by atoms with Gasteiger partial charge in [0.05, 0.1) is 16.7 Å². The lowest BCUT2D eigenvalue weighted by atomic mass is 10.0. The third kappa shape index (κ3) is 6.14. The lowest BCUT2D eigenvalue weighted by Gasteiger charge is -2.16. The molecule has 68 heavy (non-hydrogen) atoms. The summed E-state index contributed by atoms with van der Waals surface area (Å²) in [5, 5.41) is 11.3. The summed E-state index contributed by atoms with van der Waals surface area (Å²) in [5.74, 6) is 1.73. The molecule has 316 valence electrons. The van der Waals surface area contributed by atoms with E-state index in [2.05, 4.69) is 223 Å². The molecule has 0 aliphatic heterocycles. The first kappa shape index (κ1) is 38.1. The molecular formula is C63H38N4O. The zero-order valence-corrected chi connectivity index (χ0v) is 36.6. The van der Waals surface area contributed by atoms with Crippen LogP contribution < -0.4 is 0 Å². The van der Waals surface area contributed by atoms with Crippen LogP contribution in [0.25, 0.3) is 138 Å². The summed E-state index contributed by atoms with van der Waals surface area (Å²) in [7, 11) is 0. The molecule has 0 unspecified atom stereocenters. The van der Waals surface area contributed by atoms with Crippen LogP contribution in [-0.2, 0) is 0 Å². The molecule has 5 heteroatoms. The normalized spacial score (nSPS) is 11.8. The third-order valence-electron chi connectivity index (χ3n) is 13.6. The fraction of sp³-hybridized carbons (Fsp3) is 0. The number of hydrogen-bond acceptors (Lipinski definition) is 4. The average molecular weight is 867 g/mol. The molecule has 14 rings (SSSR count). The fourth-order valence-electron chi connectivity index (χ4n) is 10.3. The molecule has 0 atom stereocenters. The zero-order chi connectivity index (χ0) is 44.7. The zero-order valence-electron chi connectivity index (χ0n) is 36.6. The van der Waals surface area contributed by atoms with Crippen LogP contribution in [-0.4, -0.2) is 19.5 Å². The van der Waals surface area contributed by atoms with Crippen LogP contribution in [0, 0.1) is 0 Å². The Kier molecular flexibility index (Phi) is 8.52. The van der Waals surface area contributed by atoms with Crippen molar-refractivity contribution in [2.24, 2.45) is 0 Å². The van der Waals surface area contributed by atoms with Crippen molar-refractivity contribution in [3.05, 3.63) is 231 Å². The molecule has 0 spiro atoms. The van der Waals surface area contributed by atoms with Crippen LogP contribution in [0.3, 0.4) is 0 Å². The number of benzene rings is 11. The van der Waals surface area contributed by atoms with E-state index in [4.69, 9.17) is 19.4 Å². The summed E-state index contributed by atoms with van der Waals surface area (Å²) < 4.78 is 9.38. The molecule has 0 aliphatic carbocycles. The predicted octanol–water partition coefficient (Wildman–Crippen LogP) is 16.7. The standard InChI is InChI=1S/C63H38N4O/c1-3-14-39(15-4-1)41-26-28-44(29-27-41)61-64-62(48-23-13-22-45(34-48)40-16-5-2-6-17-40)66-63(65-61)54-37-52-51-32-30-43-19-10-12-25-50(43)60(51)68-58(52)38-57(54)67-55-33-31-42-18-9-11-24-49(42)59(55)53-35-46-20-7-8-21-47(46)36-56(53)67/h1-38H. The van der Waals surface area contributed by atoms with Gasteiger partial charge in [0.25, 0.3) is 0 Å². The molecule has 0 saturated heterocycles. The molecule has 3 heterocycles. The lowest BCUT2D eigenvalue weighted by molar-refractivity contribution is 0.672. The molecule has 5 nitrogen and oxygen atoms in total. The fourth-order valence-corrected chi connectivity index (χ4v) is 10.3. The Labute approximate surface area is 390 Å². The van der Waals surface area contributed by atoms with Crippen molar-refractivity contribution in [3.63, 3.8) is 0 Å². The van der Waals surface area contributed by atoms with Gasteiger partial charge in [-0.3, -0.25) is 0 Å². The van der Waals surface area contributed by atoms with Crippen LogP contribution >= 0.6 is 0 Å². The third-order valence-corrected chi connectivity index (χ3v) is 13.6. The minimum absolute atomic E-state index is 0.561. The van der Waals surface area contributed by atoms with Crippen molar-refractivity contribution in [3.8, 4) is 62.1 Å². The van der Waals surface area contributed by atoms with E-state index in [0.717, 1.165) is 93.8 Å². The predicted molar refractivity (Wildman–Crippen MR) is 281 cm³/mol. The maximum absolute atomic E-state index is 6.98. The van der Waals surface area contributed by atoms with Crippen LogP contribution in [0.4, 0.5) is 0 Å². The summed E-state index contributed by atoms with van der Waals surface area (Å²) in [4.78, 5) is 16.2. The second-order valence-electron chi connectivity index (χ2n) is 17.6. The van der Waals surface area contributed by atoms with Gasteiger partial charge in [-0.15, -0.1) is 0 Å². The van der Waals surface area contributed by atoms with Crippen LogP contribution in [0.2, 0.25) is 0 Å². The highest BCUT2D eigenvalue weighted by molar-refractivity contribution is 6.24. The monoisotopic (exact) mass is 866 g/mol. The van der Waals surface area contributed by atoms with Gasteiger partial charge in [0, 0.05) is 49.7 Å². The summed E-state index contributed by atoms with van der Waals surface area (Å²) in [6.45, 7) is 0. The molecule has 0 fully saturated rings. The second kappa shape index (κ2) is 15.2. The van der Waals surface area contributed by atoms with Crippen molar-refractivity contribution in [2.45, 2.75) is 0 Å². The maximum Gasteiger partial charge on any atom is 0.166 e. The molecule has 14 aromatic rings. The molecule has 11 aromatic carbocycles. The molecule has 3 aromatic heterocycles. The Morgan fingerprint density at radius 3 is 1.63 bits per heavy atom. The first-order valence-corrected chi connectivity index (χ1v) is 23.0. The summed E-state index contributed by atoms with van der Waals surface area (Å²) in [5.41, 5.74) is 11.9. The van der Waals surface area contributed by atoms with Crippen molar-refractivity contribution in [2.75, 3.05) is 0 Å². The highest BCUT2D eigenvalue weighted by atomic mass is 16.3. The van der Waals surface area contributed by atoms with E-state index in [0.29, 0.717) is 17.5 Å². The minimum Gasteiger partial charge on any atom is -0.455 e. The van der Waals surface area contributed by atoms with E-state index >= 15 is 0 Å². The Bertz CT molecular complexity index is 4300. The number of rotatable bonds is 6. The Morgan fingerprint density at radius 1 is 0.309 bits per heavy atom. The maximum atomic E-state index is 6.98. The summed E-state index contributed by atoms with van der Waals surface area (Å²) in [6, 6.07) is 81.6. The van der Waals surface area contributed by atoms with Crippen molar-refractivity contribution < 1.29 is 4.42 Å². The largest absolute Gasteiger partial charge is 0.455 e.